The number of nitrogens with two attached hydrogens (primary N) is 1. The molecule has 3 nitrogen and oxygen atoms in total. The zero-order valence-electron chi connectivity index (χ0n) is 9.27. The molecule has 0 fully saturated rings. The second kappa shape index (κ2) is 4.03. The van der Waals surface area contributed by atoms with E-state index in [1.54, 1.807) is 0 Å². The Morgan fingerprint density at radius 2 is 2.33 bits per heavy atom. The summed E-state index contributed by atoms with van der Waals surface area (Å²) in [6.45, 7) is 4.95. The topological polar surface area (TPSA) is 43.3 Å². The van der Waals surface area contributed by atoms with Gasteiger partial charge in [0.2, 0.25) is 0 Å². The van der Waals surface area contributed by atoms with Crippen LogP contribution in [0.5, 0.6) is 0 Å². The predicted octanol–water partition coefficient (Wildman–Crippen LogP) is 2.31. The highest BCUT2D eigenvalue weighted by atomic mass is 15.0. The summed E-state index contributed by atoms with van der Waals surface area (Å²) < 4.78 is 2.06. The number of hydrogen-bond acceptors (Lipinski definition) is 2. The van der Waals surface area contributed by atoms with E-state index in [0.717, 1.165) is 23.3 Å². The fourth-order valence-corrected chi connectivity index (χ4v) is 1.62. The molecule has 80 valence electrons. The van der Waals surface area contributed by atoms with Crippen molar-refractivity contribution in [2.75, 3.05) is 0 Å². The van der Waals surface area contributed by atoms with E-state index in [4.69, 9.17) is 5.73 Å². The lowest BCUT2D eigenvalue weighted by atomic mass is 10.1. The molecule has 2 rings (SSSR count). The molecule has 1 unspecified atom stereocenters. The van der Waals surface area contributed by atoms with Crippen molar-refractivity contribution in [2.45, 2.75) is 32.7 Å². The summed E-state index contributed by atoms with van der Waals surface area (Å²) in [4.78, 5) is 4.60. The van der Waals surface area contributed by atoms with E-state index in [-0.39, 0.29) is 0 Å². The number of imidazole rings is 1. The summed E-state index contributed by atoms with van der Waals surface area (Å²) in [5, 5.41) is 0. The van der Waals surface area contributed by atoms with Gasteiger partial charge in [-0.3, -0.25) is 0 Å². The van der Waals surface area contributed by atoms with Gasteiger partial charge in [-0.1, -0.05) is 13.8 Å². The molecule has 0 saturated heterocycles. The highest BCUT2D eigenvalue weighted by Crippen LogP contribution is 2.18. The van der Waals surface area contributed by atoms with Crippen LogP contribution in [-0.2, 0) is 6.54 Å². The molecule has 0 saturated carbocycles. The van der Waals surface area contributed by atoms with Gasteiger partial charge >= 0.3 is 0 Å². The van der Waals surface area contributed by atoms with Crippen molar-refractivity contribution in [1.82, 2.24) is 9.38 Å². The van der Waals surface area contributed by atoms with Crippen LogP contribution in [-0.4, -0.2) is 9.38 Å². The summed E-state index contributed by atoms with van der Waals surface area (Å²) in [5.74, 6) is 0.520. The first-order chi connectivity index (χ1) is 7.24. The Morgan fingerprint density at radius 1 is 1.53 bits per heavy atom. The lowest BCUT2D eigenvalue weighted by Crippen LogP contribution is -1.96. The molecule has 2 N–H and O–H groups in total. The maximum atomic E-state index is 5.60. The third-order valence-corrected chi connectivity index (χ3v) is 2.90. The Bertz CT molecular complexity index is 459. The minimum absolute atomic E-state index is 0.520. The van der Waals surface area contributed by atoms with Gasteiger partial charge in [0, 0.05) is 18.9 Å². The number of nitrogens with zero attached hydrogens (tertiary/aromatic N) is 2. The van der Waals surface area contributed by atoms with Crippen molar-refractivity contribution < 1.29 is 0 Å². The molecule has 0 bridgehead atoms. The van der Waals surface area contributed by atoms with Crippen LogP contribution in [0, 0.1) is 0 Å². The van der Waals surface area contributed by atoms with Crippen LogP contribution >= 0.6 is 0 Å². The van der Waals surface area contributed by atoms with Gasteiger partial charge in [0.1, 0.15) is 5.65 Å². The van der Waals surface area contributed by atoms with Gasteiger partial charge in [0.05, 0.1) is 5.69 Å². The van der Waals surface area contributed by atoms with Crippen molar-refractivity contribution in [3.63, 3.8) is 0 Å². The fraction of sp³-hybridized carbons (Fsp3) is 0.417. The zero-order chi connectivity index (χ0) is 10.8. The Labute approximate surface area is 89.9 Å². The molecule has 0 spiro atoms. The largest absolute Gasteiger partial charge is 0.326 e. The first-order valence-corrected chi connectivity index (χ1v) is 5.42. The minimum Gasteiger partial charge on any atom is -0.326 e. The van der Waals surface area contributed by atoms with Crippen molar-refractivity contribution in [2.24, 2.45) is 5.73 Å². The van der Waals surface area contributed by atoms with Crippen LogP contribution in [0.3, 0.4) is 0 Å². The molecule has 0 aromatic carbocycles. The van der Waals surface area contributed by atoms with Crippen LogP contribution in [0.25, 0.3) is 5.65 Å². The Hall–Kier alpha value is -1.35. The lowest BCUT2D eigenvalue weighted by Gasteiger charge is -2.01. The van der Waals surface area contributed by atoms with E-state index in [9.17, 15) is 0 Å². The number of hydrogen-bond donors (Lipinski definition) is 1. The van der Waals surface area contributed by atoms with Gasteiger partial charge < -0.3 is 10.1 Å². The molecule has 0 aliphatic heterocycles. The molecule has 2 aromatic heterocycles. The normalized spacial score (nSPS) is 13.3. The molecule has 1 atom stereocenters. The number of fused-ring (bicyclic) bond motifs is 1. The van der Waals surface area contributed by atoms with E-state index in [1.165, 1.54) is 0 Å². The summed E-state index contributed by atoms with van der Waals surface area (Å²) in [6.07, 6.45) is 5.24. The second-order valence-electron chi connectivity index (χ2n) is 3.98. The molecule has 0 aliphatic carbocycles. The smallest absolute Gasteiger partial charge is 0.137 e. The van der Waals surface area contributed by atoms with E-state index in [0.29, 0.717) is 12.5 Å². The summed E-state index contributed by atoms with van der Waals surface area (Å²) >= 11 is 0. The lowest BCUT2D eigenvalue weighted by molar-refractivity contribution is 0.714. The number of pyridine rings is 1. The van der Waals surface area contributed by atoms with Crippen LogP contribution < -0.4 is 5.73 Å². The number of aromatic nitrogens is 2. The van der Waals surface area contributed by atoms with Crippen LogP contribution in [0.1, 0.15) is 37.4 Å². The predicted molar refractivity (Wildman–Crippen MR) is 61.8 cm³/mol. The molecular weight excluding hydrogens is 186 g/mol. The van der Waals surface area contributed by atoms with Gasteiger partial charge in [-0.25, -0.2) is 4.98 Å². The Balaban J connectivity index is 2.46. The van der Waals surface area contributed by atoms with E-state index in [2.05, 4.69) is 29.4 Å². The monoisotopic (exact) mass is 203 g/mol. The standard InChI is InChI=1S/C12H17N3/c1-3-9(2)11-8-15-5-4-10(7-13)6-12(15)14-11/h4-6,8-9H,3,7,13H2,1-2H3. The van der Waals surface area contributed by atoms with E-state index < -0.39 is 0 Å². The molecule has 0 radical (unpaired) electrons. The summed E-state index contributed by atoms with van der Waals surface area (Å²) in [6, 6.07) is 4.08. The maximum absolute atomic E-state index is 5.60. The van der Waals surface area contributed by atoms with Crippen molar-refractivity contribution in [3.05, 3.63) is 35.8 Å². The first kappa shape index (κ1) is 10.2. The highest BCUT2D eigenvalue weighted by molar-refractivity contribution is 5.43. The molecule has 2 aromatic rings. The van der Waals surface area contributed by atoms with Gasteiger partial charge in [-0.2, -0.15) is 0 Å². The maximum Gasteiger partial charge on any atom is 0.137 e. The van der Waals surface area contributed by atoms with Gasteiger partial charge in [0.25, 0.3) is 0 Å². The van der Waals surface area contributed by atoms with Gasteiger partial charge in [0.15, 0.2) is 0 Å². The van der Waals surface area contributed by atoms with E-state index in [1.807, 2.05) is 18.3 Å². The summed E-state index contributed by atoms with van der Waals surface area (Å²) in [7, 11) is 0. The minimum atomic E-state index is 0.520. The zero-order valence-corrected chi connectivity index (χ0v) is 9.27. The van der Waals surface area contributed by atoms with Crippen molar-refractivity contribution >= 4 is 5.65 Å². The molecular formula is C12H17N3. The van der Waals surface area contributed by atoms with Crippen LogP contribution in [0.4, 0.5) is 0 Å². The number of rotatable bonds is 3. The third kappa shape index (κ3) is 1.88. The van der Waals surface area contributed by atoms with Crippen LogP contribution in [0.15, 0.2) is 24.5 Å². The molecule has 3 heteroatoms. The Kier molecular flexibility index (Phi) is 2.73. The highest BCUT2D eigenvalue weighted by Gasteiger charge is 2.07. The quantitative estimate of drug-likeness (QED) is 0.831. The van der Waals surface area contributed by atoms with E-state index >= 15 is 0 Å². The van der Waals surface area contributed by atoms with Crippen LogP contribution in [0.2, 0.25) is 0 Å². The summed E-state index contributed by atoms with van der Waals surface area (Å²) in [5.41, 5.74) is 8.88. The molecule has 0 amide bonds. The SMILES string of the molecule is CCC(C)c1cn2ccc(CN)cc2n1. The average molecular weight is 203 g/mol. The average Bonchev–Trinajstić information content (AvgIpc) is 2.70. The van der Waals surface area contributed by atoms with Crippen molar-refractivity contribution in [1.29, 1.82) is 0 Å². The molecule has 15 heavy (non-hydrogen) atoms. The first-order valence-electron chi connectivity index (χ1n) is 5.42. The van der Waals surface area contributed by atoms with Gasteiger partial charge in [-0.15, -0.1) is 0 Å². The second-order valence-corrected chi connectivity index (χ2v) is 3.98. The van der Waals surface area contributed by atoms with Gasteiger partial charge in [-0.05, 0) is 30.0 Å². The third-order valence-electron chi connectivity index (χ3n) is 2.90. The fourth-order valence-electron chi connectivity index (χ4n) is 1.62. The van der Waals surface area contributed by atoms with Crippen molar-refractivity contribution in [3.8, 4) is 0 Å². The molecule has 0 aliphatic rings. The Morgan fingerprint density at radius 3 is 3.00 bits per heavy atom. The molecule has 2 heterocycles.